The van der Waals surface area contributed by atoms with Crippen LogP contribution in [0.25, 0.3) is 0 Å². The number of nitrogens with zero attached hydrogens (tertiary/aromatic N) is 2. The fraction of sp³-hybridized carbons (Fsp3) is 0.600. The van der Waals surface area contributed by atoms with E-state index in [1.165, 1.54) is 18.1 Å². The van der Waals surface area contributed by atoms with Gasteiger partial charge in [0.25, 0.3) is 0 Å². The molecule has 5 nitrogen and oxygen atoms in total. The molecule has 0 radical (unpaired) electrons. The van der Waals surface area contributed by atoms with Crippen LogP contribution in [0.15, 0.2) is 11.4 Å². The van der Waals surface area contributed by atoms with E-state index in [0.29, 0.717) is 16.6 Å². The van der Waals surface area contributed by atoms with Gasteiger partial charge in [-0.1, -0.05) is 18.7 Å². The minimum absolute atomic E-state index is 0.0188. The summed E-state index contributed by atoms with van der Waals surface area (Å²) in [6.45, 7) is 5.79. The number of nitrogens with two attached hydrogens (primary N) is 1. The average molecular weight is 243 g/mol. The van der Waals surface area contributed by atoms with Crippen LogP contribution in [0.4, 0.5) is 5.69 Å². The molecule has 1 aromatic rings. The maximum Gasteiger partial charge on any atom is 0.241 e. The summed E-state index contributed by atoms with van der Waals surface area (Å²) in [6, 6.07) is 0. The van der Waals surface area contributed by atoms with Crippen LogP contribution in [0.5, 0.6) is 5.88 Å². The van der Waals surface area contributed by atoms with Crippen LogP contribution in [0.1, 0.15) is 20.8 Å². The molecule has 1 heterocycles. The molecule has 1 unspecified atom stereocenters. The Morgan fingerprint density at radius 2 is 2.12 bits per heavy atom. The number of aromatic nitrogens is 2. The first-order valence-corrected chi connectivity index (χ1v) is 5.97. The van der Waals surface area contributed by atoms with Gasteiger partial charge in [0.05, 0.1) is 12.7 Å². The SMILES string of the molecule is CC(C)Oc1ncnc(SC(C)CO)c1N. The van der Waals surface area contributed by atoms with Crippen molar-refractivity contribution in [3.8, 4) is 5.88 Å². The summed E-state index contributed by atoms with van der Waals surface area (Å²) in [5.74, 6) is 0.401. The van der Waals surface area contributed by atoms with Gasteiger partial charge in [-0.15, -0.1) is 0 Å². The van der Waals surface area contributed by atoms with Crippen LogP contribution < -0.4 is 10.5 Å². The minimum Gasteiger partial charge on any atom is -0.473 e. The van der Waals surface area contributed by atoms with E-state index in [0.717, 1.165) is 0 Å². The van der Waals surface area contributed by atoms with Crippen molar-refractivity contribution < 1.29 is 9.84 Å². The third kappa shape index (κ3) is 3.53. The Balaban J connectivity index is 2.86. The number of hydrogen-bond acceptors (Lipinski definition) is 6. The predicted octanol–water partition coefficient (Wildman–Crippen LogP) is 1.32. The Bertz CT molecular complexity index is 347. The Morgan fingerprint density at radius 1 is 1.44 bits per heavy atom. The van der Waals surface area contributed by atoms with E-state index in [2.05, 4.69) is 9.97 Å². The lowest BCUT2D eigenvalue weighted by Gasteiger charge is -2.13. The van der Waals surface area contributed by atoms with E-state index >= 15 is 0 Å². The zero-order valence-corrected chi connectivity index (χ0v) is 10.5. The van der Waals surface area contributed by atoms with Gasteiger partial charge in [0.2, 0.25) is 5.88 Å². The molecular weight excluding hydrogens is 226 g/mol. The summed E-state index contributed by atoms with van der Waals surface area (Å²) < 4.78 is 5.45. The molecule has 0 aliphatic rings. The number of aliphatic hydroxyl groups is 1. The van der Waals surface area contributed by atoms with Gasteiger partial charge < -0.3 is 15.6 Å². The van der Waals surface area contributed by atoms with Crippen molar-refractivity contribution in [2.75, 3.05) is 12.3 Å². The van der Waals surface area contributed by atoms with Gasteiger partial charge in [-0.3, -0.25) is 0 Å². The molecule has 0 aromatic carbocycles. The Labute approximate surface area is 99.4 Å². The van der Waals surface area contributed by atoms with Gasteiger partial charge in [-0.25, -0.2) is 4.98 Å². The number of anilines is 1. The molecule has 0 amide bonds. The maximum absolute atomic E-state index is 8.97. The second kappa shape index (κ2) is 5.91. The molecule has 1 atom stereocenters. The Kier molecular flexibility index (Phi) is 4.82. The third-order valence-corrected chi connectivity index (χ3v) is 2.83. The number of hydrogen-bond donors (Lipinski definition) is 2. The van der Waals surface area contributed by atoms with Crippen LogP contribution in [-0.4, -0.2) is 33.0 Å². The Morgan fingerprint density at radius 3 is 2.69 bits per heavy atom. The quantitative estimate of drug-likeness (QED) is 0.599. The highest BCUT2D eigenvalue weighted by Gasteiger charge is 2.13. The van der Waals surface area contributed by atoms with Gasteiger partial charge in [-0.05, 0) is 13.8 Å². The molecule has 0 saturated heterocycles. The van der Waals surface area contributed by atoms with Gasteiger partial charge in [0, 0.05) is 5.25 Å². The average Bonchev–Trinajstić information content (AvgIpc) is 2.23. The lowest BCUT2D eigenvalue weighted by Crippen LogP contribution is -2.11. The molecule has 1 aromatic heterocycles. The summed E-state index contributed by atoms with van der Waals surface area (Å²) in [5, 5.41) is 9.66. The molecule has 3 N–H and O–H groups in total. The van der Waals surface area contributed by atoms with Crippen LogP contribution in [0.3, 0.4) is 0 Å². The first kappa shape index (κ1) is 13.1. The van der Waals surface area contributed by atoms with Gasteiger partial charge in [0.1, 0.15) is 17.0 Å². The van der Waals surface area contributed by atoms with Crippen LogP contribution in [0, 0.1) is 0 Å². The van der Waals surface area contributed by atoms with Crippen molar-refractivity contribution >= 4 is 17.4 Å². The molecule has 1 rings (SSSR count). The molecule has 16 heavy (non-hydrogen) atoms. The molecule has 0 aliphatic heterocycles. The molecule has 0 saturated carbocycles. The molecule has 0 aliphatic carbocycles. The highest BCUT2D eigenvalue weighted by atomic mass is 32.2. The van der Waals surface area contributed by atoms with Crippen LogP contribution >= 0.6 is 11.8 Å². The highest BCUT2D eigenvalue weighted by Crippen LogP contribution is 2.31. The fourth-order valence-electron chi connectivity index (χ4n) is 1.00. The van der Waals surface area contributed by atoms with Crippen LogP contribution in [0.2, 0.25) is 0 Å². The van der Waals surface area contributed by atoms with Crippen molar-refractivity contribution in [1.82, 2.24) is 9.97 Å². The minimum atomic E-state index is 0.0188. The van der Waals surface area contributed by atoms with Crippen molar-refractivity contribution in [3.05, 3.63) is 6.33 Å². The van der Waals surface area contributed by atoms with E-state index in [9.17, 15) is 0 Å². The summed E-state index contributed by atoms with van der Waals surface area (Å²) in [6.07, 6.45) is 1.44. The van der Waals surface area contributed by atoms with E-state index in [4.69, 9.17) is 15.6 Å². The predicted molar refractivity (Wildman–Crippen MR) is 64.6 cm³/mol. The molecular formula is C10H17N3O2S. The summed E-state index contributed by atoms with van der Waals surface area (Å²) >= 11 is 1.41. The van der Waals surface area contributed by atoms with Gasteiger partial charge in [0.15, 0.2) is 0 Å². The van der Waals surface area contributed by atoms with E-state index in [1.807, 2.05) is 20.8 Å². The van der Waals surface area contributed by atoms with Gasteiger partial charge >= 0.3 is 0 Å². The lowest BCUT2D eigenvalue weighted by molar-refractivity contribution is 0.233. The number of ether oxygens (including phenoxy) is 1. The Hall–Kier alpha value is -1.01. The zero-order valence-electron chi connectivity index (χ0n) is 9.67. The van der Waals surface area contributed by atoms with E-state index in [1.54, 1.807) is 0 Å². The van der Waals surface area contributed by atoms with Gasteiger partial charge in [-0.2, -0.15) is 4.98 Å². The molecule has 0 bridgehead atoms. The van der Waals surface area contributed by atoms with Crippen molar-refractivity contribution in [2.45, 2.75) is 37.2 Å². The van der Waals surface area contributed by atoms with E-state index in [-0.39, 0.29) is 18.0 Å². The van der Waals surface area contributed by atoms with Crippen molar-refractivity contribution in [2.24, 2.45) is 0 Å². The highest BCUT2D eigenvalue weighted by molar-refractivity contribution is 8.00. The van der Waals surface area contributed by atoms with Crippen LogP contribution in [-0.2, 0) is 0 Å². The second-order valence-electron chi connectivity index (χ2n) is 3.68. The number of thioether (sulfide) groups is 1. The normalized spacial score (nSPS) is 12.8. The van der Waals surface area contributed by atoms with E-state index < -0.39 is 0 Å². The maximum atomic E-state index is 8.97. The number of aliphatic hydroxyl groups excluding tert-OH is 1. The molecule has 90 valence electrons. The summed E-state index contributed by atoms with van der Waals surface area (Å²) in [4.78, 5) is 8.05. The fourth-order valence-corrected chi connectivity index (χ4v) is 1.78. The second-order valence-corrected chi connectivity index (χ2v) is 5.10. The third-order valence-electron chi connectivity index (χ3n) is 1.73. The standard InChI is InChI=1S/C10H17N3O2S/c1-6(2)15-9-8(11)10(13-5-12-9)16-7(3)4-14/h5-7,14H,4,11H2,1-3H3. The lowest BCUT2D eigenvalue weighted by atomic mass is 10.4. The smallest absolute Gasteiger partial charge is 0.241 e. The molecule has 0 fully saturated rings. The first-order valence-electron chi connectivity index (χ1n) is 5.09. The summed E-state index contributed by atoms with van der Waals surface area (Å²) in [5.41, 5.74) is 6.31. The largest absolute Gasteiger partial charge is 0.473 e. The molecule has 6 heteroatoms. The number of nitrogen functional groups attached to an aromatic ring is 1. The topological polar surface area (TPSA) is 81.3 Å². The number of rotatable bonds is 5. The monoisotopic (exact) mass is 243 g/mol. The molecule has 0 spiro atoms. The van der Waals surface area contributed by atoms with Crippen molar-refractivity contribution in [1.29, 1.82) is 0 Å². The first-order chi connectivity index (χ1) is 7.54. The zero-order chi connectivity index (χ0) is 12.1. The summed E-state index contributed by atoms with van der Waals surface area (Å²) in [7, 11) is 0. The van der Waals surface area contributed by atoms with Crippen molar-refractivity contribution in [3.63, 3.8) is 0 Å².